The van der Waals surface area contributed by atoms with Gasteiger partial charge in [-0.2, -0.15) is 0 Å². The summed E-state index contributed by atoms with van der Waals surface area (Å²) in [5.74, 6) is -0.718. The number of benzene rings is 3. The highest BCUT2D eigenvalue weighted by Crippen LogP contribution is 2.42. The molecule has 42 heavy (non-hydrogen) atoms. The molecule has 1 amide bonds. The normalized spacial score (nSPS) is 17.2. The van der Waals surface area contributed by atoms with E-state index in [0.717, 1.165) is 17.5 Å². The highest BCUT2D eigenvalue weighted by molar-refractivity contribution is 5.97. The first-order valence-electron chi connectivity index (χ1n) is 13.8. The van der Waals surface area contributed by atoms with Crippen molar-refractivity contribution >= 4 is 17.6 Å². The van der Waals surface area contributed by atoms with Gasteiger partial charge >= 0.3 is 12.0 Å². The molecule has 5 rings (SSSR count). The highest BCUT2D eigenvalue weighted by atomic mass is 16.5. The minimum Gasteiger partial charge on any atom is -0.497 e. The number of para-hydroxylation sites is 1. The van der Waals surface area contributed by atoms with E-state index in [4.69, 9.17) is 9.47 Å². The summed E-state index contributed by atoms with van der Waals surface area (Å²) in [4.78, 5) is 37.5. The molecule has 0 saturated heterocycles. The van der Waals surface area contributed by atoms with E-state index in [1.54, 1.807) is 31.9 Å². The Bertz CT molecular complexity index is 1590. The van der Waals surface area contributed by atoms with Crippen LogP contribution in [0.2, 0.25) is 0 Å². The number of carbonyl (C=O) groups excluding carboxylic acids is 1. The molecule has 0 radical (unpaired) electrons. The van der Waals surface area contributed by atoms with Gasteiger partial charge in [-0.15, -0.1) is 0 Å². The van der Waals surface area contributed by atoms with Gasteiger partial charge in [0.1, 0.15) is 11.3 Å². The Morgan fingerprint density at radius 3 is 2.38 bits per heavy atom. The highest BCUT2D eigenvalue weighted by Gasteiger charge is 2.52. The number of fused-ring (bicyclic) bond motifs is 1. The minimum absolute atomic E-state index is 0.0455. The summed E-state index contributed by atoms with van der Waals surface area (Å²) in [6, 6.07) is 24.4. The van der Waals surface area contributed by atoms with Crippen molar-refractivity contribution in [2.75, 3.05) is 18.6 Å². The van der Waals surface area contributed by atoms with Crippen molar-refractivity contribution in [2.45, 2.75) is 45.4 Å². The second-order valence-electron chi connectivity index (χ2n) is 10.3. The predicted octanol–water partition coefficient (Wildman–Crippen LogP) is 4.58. The van der Waals surface area contributed by atoms with Crippen molar-refractivity contribution in [3.63, 3.8) is 0 Å². The first kappa shape index (κ1) is 28.8. The number of carboxylic acids is 1. The number of nitrogens with zero attached hydrogens (tertiary/aromatic N) is 3. The van der Waals surface area contributed by atoms with Gasteiger partial charge in [-0.3, -0.25) is 10.1 Å². The average Bonchev–Trinajstić information content (AvgIpc) is 3.11. The van der Waals surface area contributed by atoms with E-state index in [1.807, 2.05) is 79.7 Å². The lowest BCUT2D eigenvalue weighted by molar-refractivity contribution is -0.149. The third-order valence-corrected chi connectivity index (χ3v) is 7.53. The molecular formula is C33H34N4O5. The van der Waals surface area contributed by atoms with Crippen LogP contribution in [0.15, 0.2) is 78.9 Å². The van der Waals surface area contributed by atoms with Crippen LogP contribution in [0.5, 0.6) is 11.8 Å². The molecule has 2 N–H and O–H groups in total. The maximum atomic E-state index is 13.8. The van der Waals surface area contributed by atoms with Crippen LogP contribution in [0.4, 0.5) is 5.69 Å². The lowest BCUT2D eigenvalue weighted by atomic mass is 9.76. The van der Waals surface area contributed by atoms with Crippen molar-refractivity contribution < 1.29 is 24.2 Å². The Hall–Kier alpha value is -4.76. The van der Waals surface area contributed by atoms with Gasteiger partial charge in [-0.1, -0.05) is 61.5 Å². The third-order valence-electron chi connectivity index (χ3n) is 7.53. The van der Waals surface area contributed by atoms with E-state index < -0.39 is 17.6 Å². The van der Waals surface area contributed by atoms with Crippen LogP contribution >= 0.6 is 0 Å². The number of nitrogens with one attached hydrogen (secondary N) is 1. The smallest absolute Gasteiger partial charge is 0.347 e. The largest absolute Gasteiger partial charge is 0.497 e. The molecule has 1 aliphatic rings. The summed E-state index contributed by atoms with van der Waals surface area (Å²) in [5.41, 5.74) is 3.58. The molecule has 4 aromatic rings. The average molecular weight is 567 g/mol. The lowest BCUT2D eigenvalue weighted by Crippen LogP contribution is -2.58. The summed E-state index contributed by atoms with van der Waals surface area (Å²) in [7, 11) is 1.60. The molecule has 2 atom stereocenters. The van der Waals surface area contributed by atoms with Crippen LogP contribution in [0.3, 0.4) is 0 Å². The Kier molecular flexibility index (Phi) is 8.22. The molecule has 0 saturated carbocycles. The topological polar surface area (TPSA) is 114 Å². The Labute approximate surface area is 245 Å². The second-order valence-corrected chi connectivity index (χ2v) is 10.3. The Balaban J connectivity index is 1.72. The molecule has 0 bridgehead atoms. The predicted molar refractivity (Wildman–Crippen MR) is 159 cm³/mol. The van der Waals surface area contributed by atoms with E-state index in [2.05, 4.69) is 15.3 Å². The fourth-order valence-corrected chi connectivity index (χ4v) is 5.52. The monoisotopic (exact) mass is 566 g/mol. The fraction of sp³-hybridized carbons (Fsp3) is 0.273. The van der Waals surface area contributed by atoms with Crippen LogP contribution < -0.4 is 19.7 Å². The van der Waals surface area contributed by atoms with Crippen LogP contribution in [0, 0.1) is 13.8 Å². The van der Waals surface area contributed by atoms with Crippen LogP contribution in [-0.2, 0) is 28.1 Å². The number of aryl methyl sites for hydroxylation is 3. The van der Waals surface area contributed by atoms with Gasteiger partial charge in [0.15, 0.2) is 0 Å². The molecule has 9 heteroatoms. The maximum Gasteiger partial charge on any atom is 0.347 e. The van der Waals surface area contributed by atoms with Gasteiger partial charge in [-0.25, -0.2) is 14.8 Å². The summed E-state index contributed by atoms with van der Waals surface area (Å²) >= 11 is 0. The Morgan fingerprint density at radius 2 is 1.71 bits per heavy atom. The lowest BCUT2D eigenvalue weighted by Gasteiger charge is -2.39. The van der Waals surface area contributed by atoms with Gasteiger partial charge < -0.3 is 19.5 Å². The minimum atomic E-state index is -1.53. The van der Waals surface area contributed by atoms with Gasteiger partial charge in [0.05, 0.1) is 20.2 Å². The van der Waals surface area contributed by atoms with Gasteiger partial charge in [0, 0.05) is 22.6 Å². The van der Waals surface area contributed by atoms with Crippen molar-refractivity contribution in [1.29, 1.82) is 0 Å². The number of ether oxygens (including phenoxy) is 2. The Morgan fingerprint density at radius 1 is 1.00 bits per heavy atom. The zero-order valence-electron chi connectivity index (χ0n) is 24.1. The molecule has 3 aromatic carbocycles. The second kappa shape index (κ2) is 12.0. The van der Waals surface area contributed by atoms with E-state index in [0.29, 0.717) is 34.0 Å². The number of aromatic nitrogens is 2. The van der Waals surface area contributed by atoms with E-state index in [1.165, 1.54) is 0 Å². The molecule has 1 aliphatic heterocycles. The van der Waals surface area contributed by atoms with Gasteiger partial charge in [0.25, 0.3) is 0 Å². The number of hydrogen-bond donors (Lipinski definition) is 2. The number of methoxy groups -OCH3 is 1. The molecule has 216 valence electrons. The van der Waals surface area contributed by atoms with Crippen molar-refractivity contribution in [2.24, 2.45) is 0 Å². The quantitative estimate of drug-likeness (QED) is 0.303. The standard InChI is InChI=1S/C33H34N4O5/c1-5-23-9-8-10-25(18-23)33(30(31(39)40)42-32-35-21(2)17-22(3)36-32)27-11-6-7-12-28(27)37(29(38)19-34-33)20-24-13-15-26(41-4)16-14-24/h6-18,30,34H,5,19-20H2,1-4H3,(H,39,40)/t30-,33+/m1/s1. The van der Waals surface area contributed by atoms with E-state index in [9.17, 15) is 14.7 Å². The number of rotatable bonds is 9. The fourth-order valence-electron chi connectivity index (χ4n) is 5.52. The number of amides is 1. The van der Waals surface area contributed by atoms with E-state index >= 15 is 0 Å². The van der Waals surface area contributed by atoms with E-state index in [-0.39, 0.29) is 25.0 Å². The van der Waals surface area contributed by atoms with Crippen molar-refractivity contribution in [1.82, 2.24) is 15.3 Å². The van der Waals surface area contributed by atoms with Crippen molar-refractivity contribution in [3.05, 3.63) is 113 Å². The zero-order valence-corrected chi connectivity index (χ0v) is 24.1. The molecule has 1 aromatic heterocycles. The zero-order chi connectivity index (χ0) is 29.9. The van der Waals surface area contributed by atoms with Gasteiger partial charge in [-0.05, 0) is 61.2 Å². The summed E-state index contributed by atoms with van der Waals surface area (Å²) < 4.78 is 11.5. The van der Waals surface area contributed by atoms with Gasteiger partial charge in [0.2, 0.25) is 12.0 Å². The number of carbonyl (C=O) groups is 2. The summed E-state index contributed by atoms with van der Waals surface area (Å²) in [5, 5.41) is 14.1. The summed E-state index contributed by atoms with van der Waals surface area (Å²) in [6.45, 7) is 5.78. The summed E-state index contributed by atoms with van der Waals surface area (Å²) in [6.07, 6.45) is -0.784. The van der Waals surface area contributed by atoms with Crippen LogP contribution in [0.1, 0.15) is 40.6 Å². The third kappa shape index (κ3) is 5.56. The maximum absolute atomic E-state index is 13.8. The molecular weight excluding hydrogens is 532 g/mol. The molecule has 0 fully saturated rings. The molecule has 0 spiro atoms. The number of aliphatic carboxylic acids is 1. The number of anilines is 1. The number of hydrogen-bond acceptors (Lipinski definition) is 7. The number of carboxylic acid groups (broad SMARTS) is 1. The van der Waals surface area contributed by atoms with Crippen LogP contribution in [0.25, 0.3) is 0 Å². The first-order valence-corrected chi connectivity index (χ1v) is 13.8. The SMILES string of the molecule is CCc1cccc([C@]2([C@H](Oc3nc(C)cc(C)n3)C(=O)O)NCC(=O)N(Cc3ccc(OC)cc3)c3ccccc32)c1. The molecule has 9 nitrogen and oxygen atoms in total. The molecule has 2 heterocycles. The first-order chi connectivity index (χ1) is 20.2. The van der Waals surface area contributed by atoms with Crippen molar-refractivity contribution in [3.8, 4) is 11.8 Å². The molecule has 0 aliphatic carbocycles. The molecule has 0 unspecified atom stereocenters. The van der Waals surface area contributed by atoms with Crippen LogP contribution in [-0.4, -0.2) is 46.7 Å².